The van der Waals surface area contributed by atoms with E-state index in [4.69, 9.17) is 0 Å². The molecule has 0 bridgehead atoms. The van der Waals surface area contributed by atoms with Crippen molar-refractivity contribution in [1.29, 1.82) is 0 Å². The smallest absolute Gasteiger partial charge is 0.138 e. The standard InChI is InChI=1S/C15H21FN4S/c1-11(2)20-15(18-10-19-20)8-13(17-3)9-21-14-6-4-5-12(16)7-14/h4-7,10-11,13,17H,8-9H2,1-3H3. The third-order valence-corrected chi connectivity index (χ3v) is 4.38. The zero-order valence-electron chi connectivity index (χ0n) is 12.6. The molecular formula is C15H21FN4S. The quantitative estimate of drug-likeness (QED) is 0.799. The van der Waals surface area contributed by atoms with Crippen LogP contribution in [0.4, 0.5) is 4.39 Å². The van der Waals surface area contributed by atoms with Crippen LogP contribution in [0.25, 0.3) is 0 Å². The Bertz CT molecular complexity index is 570. The van der Waals surface area contributed by atoms with Gasteiger partial charge < -0.3 is 5.32 Å². The summed E-state index contributed by atoms with van der Waals surface area (Å²) >= 11 is 1.64. The zero-order valence-corrected chi connectivity index (χ0v) is 13.4. The van der Waals surface area contributed by atoms with Gasteiger partial charge in [-0.2, -0.15) is 5.10 Å². The van der Waals surface area contributed by atoms with Crippen LogP contribution in [0.15, 0.2) is 35.5 Å². The number of benzene rings is 1. The Labute approximate surface area is 129 Å². The van der Waals surface area contributed by atoms with Crippen molar-refractivity contribution in [2.24, 2.45) is 0 Å². The van der Waals surface area contributed by atoms with E-state index in [-0.39, 0.29) is 11.9 Å². The Morgan fingerprint density at radius 1 is 1.38 bits per heavy atom. The van der Waals surface area contributed by atoms with E-state index in [2.05, 4.69) is 29.2 Å². The van der Waals surface area contributed by atoms with Gasteiger partial charge in [0, 0.05) is 29.2 Å². The Morgan fingerprint density at radius 2 is 2.19 bits per heavy atom. The molecule has 1 heterocycles. The molecule has 2 aromatic rings. The predicted molar refractivity (Wildman–Crippen MR) is 84.1 cm³/mol. The van der Waals surface area contributed by atoms with Crippen LogP contribution in [0.2, 0.25) is 0 Å². The Morgan fingerprint density at radius 3 is 2.86 bits per heavy atom. The van der Waals surface area contributed by atoms with E-state index < -0.39 is 0 Å². The summed E-state index contributed by atoms with van der Waals surface area (Å²) in [7, 11) is 1.94. The normalized spacial score (nSPS) is 12.8. The molecular weight excluding hydrogens is 287 g/mol. The maximum atomic E-state index is 13.2. The van der Waals surface area contributed by atoms with Gasteiger partial charge in [0.2, 0.25) is 0 Å². The molecule has 6 heteroatoms. The number of likely N-dealkylation sites (N-methyl/N-ethyl adjacent to an activating group) is 1. The first-order valence-corrected chi connectivity index (χ1v) is 8.02. The second kappa shape index (κ2) is 7.56. The SMILES string of the molecule is CNC(CSc1cccc(F)c1)Cc1ncnn1C(C)C. The van der Waals surface area contributed by atoms with Gasteiger partial charge in [-0.15, -0.1) is 11.8 Å². The summed E-state index contributed by atoms with van der Waals surface area (Å²) in [6.45, 7) is 4.18. The first-order valence-electron chi connectivity index (χ1n) is 7.04. The van der Waals surface area contributed by atoms with Crippen LogP contribution in [0.3, 0.4) is 0 Å². The summed E-state index contributed by atoms with van der Waals surface area (Å²) < 4.78 is 15.1. The van der Waals surface area contributed by atoms with E-state index >= 15 is 0 Å². The summed E-state index contributed by atoms with van der Waals surface area (Å²) in [4.78, 5) is 5.28. The van der Waals surface area contributed by atoms with Crippen molar-refractivity contribution in [2.75, 3.05) is 12.8 Å². The summed E-state index contributed by atoms with van der Waals surface area (Å²) in [6.07, 6.45) is 2.40. The van der Waals surface area contributed by atoms with E-state index in [9.17, 15) is 4.39 Å². The minimum Gasteiger partial charge on any atom is -0.316 e. The third kappa shape index (κ3) is 4.54. The van der Waals surface area contributed by atoms with Gasteiger partial charge >= 0.3 is 0 Å². The Hall–Kier alpha value is -1.40. The third-order valence-electron chi connectivity index (χ3n) is 3.22. The van der Waals surface area contributed by atoms with Crippen LogP contribution in [0, 0.1) is 5.82 Å². The second-order valence-electron chi connectivity index (χ2n) is 5.17. The van der Waals surface area contributed by atoms with Gasteiger partial charge in [-0.1, -0.05) is 6.07 Å². The van der Waals surface area contributed by atoms with Crippen LogP contribution in [0.1, 0.15) is 25.7 Å². The fourth-order valence-electron chi connectivity index (χ4n) is 2.07. The molecule has 0 saturated heterocycles. The molecule has 0 fully saturated rings. The molecule has 0 radical (unpaired) electrons. The van der Waals surface area contributed by atoms with Crippen LogP contribution < -0.4 is 5.32 Å². The van der Waals surface area contributed by atoms with Gasteiger partial charge in [0.1, 0.15) is 18.0 Å². The van der Waals surface area contributed by atoms with Crippen molar-refractivity contribution in [3.63, 3.8) is 0 Å². The van der Waals surface area contributed by atoms with Crippen molar-refractivity contribution >= 4 is 11.8 Å². The van der Waals surface area contributed by atoms with E-state index in [1.807, 2.05) is 17.8 Å². The molecule has 1 aromatic carbocycles. The number of rotatable bonds is 7. The number of nitrogens with zero attached hydrogens (tertiary/aromatic N) is 3. The van der Waals surface area contributed by atoms with Gasteiger partial charge in [-0.05, 0) is 39.1 Å². The molecule has 0 aliphatic heterocycles. The number of aromatic nitrogens is 3. The summed E-state index contributed by atoms with van der Waals surface area (Å²) in [5, 5.41) is 7.55. The topological polar surface area (TPSA) is 42.7 Å². The monoisotopic (exact) mass is 308 g/mol. The maximum Gasteiger partial charge on any atom is 0.138 e. The number of nitrogens with one attached hydrogen (secondary N) is 1. The number of hydrogen-bond acceptors (Lipinski definition) is 4. The van der Waals surface area contributed by atoms with E-state index in [0.29, 0.717) is 6.04 Å². The molecule has 0 spiro atoms. The van der Waals surface area contributed by atoms with Crippen LogP contribution in [0.5, 0.6) is 0 Å². The van der Waals surface area contributed by atoms with E-state index in [0.717, 1.165) is 22.9 Å². The molecule has 0 saturated carbocycles. The van der Waals surface area contributed by atoms with Crippen molar-refractivity contribution in [1.82, 2.24) is 20.1 Å². The fraction of sp³-hybridized carbons (Fsp3) is 0.467. The zero-order chi connectivity index (χ0) is 15.2. The van der Waals surface area contributed by atoms with Crippen molar-refractivity contribution in [3.05, 3.63) is 42.2 Å². The average molecular weight is 308 g/mol. The second-order valence-corrected chi connectivity index (χ2v) is 6.27. The number of halogens is 1. The first kappa shape index (κ1) is 16.0. The molecule has 21 heavy (non-hydrogen) atoms. The molecule has 0 amide bonds. The molecule has 0 aliphatic rings. The molecule has 2 rings (SSSR count). The first-order chi connectivity index (χ1) is 10.1. The van der Waals surface area contributed by atoms with E-state index in [1.165, 1.54) is 6.07 Å². The highest BCUT2D eigenvalue weighted by Crippen LogP contribution is 2.20. The lowest BCUT2D eigenvalue weighted by atomic mass is 10.2. The Kier molecular flexibility index (Phi) is 5.76. The highest BCUT2D eigenvalue weighted by molar-refractivity contribution is 7.99. The molecule has 114 valence electrons. The highest BCUT2D eigenvalue weighted by Gasteiger charge is 2.14. The van der Waals surface area contributed by atoms with Gasteiger partial charge in [0.15, 0.2) is 0 Å². The molecule has 1 atom stereocenters. The molecule has 4 nitrogen and oxygen atoms in total. The fourth-order valence-corrected chi connectivity index (χ4v) is 3.12. The van der Waals surface area contributed by atoms with Crippen LogP contribution >= 0.6 is 11.8 Å². The van der Waals surface area contributed by atoms with Crippen molar-refractivity contribution < 1.29 is 4.39 Å². The Balaban J connectivity index is 1.95. The molecule has 1 aromatic heterocycles. The van der Waals surface area contributed by atoms with Crippen molar-refractivity contribution in [2.45, 2.75) is 37.2 Å². The maximum absolute atomic E-state index is 13.2. The predicted octanol–water partition coefficient (Wildman–Crippen LogP) is 2.92. The minimum absolute atomic E-state index is 0.194. The lowest BCUT2D eigenvalue weighted by Gasteiger charge is -2.17. The van der Waals surface area contributed by atoms with E-state index in [1.54, 1.807) is 30.2 Å². The molecule has 1 unspecified atom stereocenters. The average Bonchev–Trinajstić information content (AvgIpc) is 2.91. The van der Waals surface area contributed by atoms with Gasteiger partial charge in [-0.3, -0.25) is 0 Å². The van der Waals surface area contributed by atoms with Gasteiger partial charge in [-0.25, -0.2) is 14.1 Å². The minimum atomic E-state index is -0.194. The van der Waals surface area contributed by atoms with Gasteiger partial charge in [0.05, 0.1) is 0 Å². The molecule has 1 N–H and O–H groups in total. The highest BCUT2D eigenvalue weighted by atomic mass is 32.2. The lowest BCUT2D eigenvalue weighted by molar-refractivity contribution is 0.484. The summed E-state index contributed by atoms with van der Waals surface area (Å²) in [5.74, 6) is 1.63. The van der Waals surface area contributed by atoms with Crippen LogP contribution in [-0.4, -0.2) is 33.6 Å². The summed E-state index contributed by atoms with van der Waals surface area (Å²) in [6, 6.07) is 7.26. The van der Waals surface area contributed by atoms with Gasteiger partial charge in [0.25, 0.3) is 0 Å². The van der Waals surface area contributed by atoms with Crippen LogP contribution in [-0.2, 0) is 6.42 Å². The largest absolute Gasteiger partial charge is 0.316 e. The molecule has 0 aliphatic carbocycles. The van der Waals surface area contributed by atoms with Crippen molar-refractivity contribution in [3.8, 4) is 0 Å². The number of hydrogen-bond donors (Lipinski definition) is 1. The lowest BCUT2D eigenvalue weighted by Crippen LogP contribution is -2.31. The number of thioether (sulfide) groups is 1. The summed E-state index contributed by atoms with van der Waals surface area (Å²) in [5.41, 5.74) is 0.